The molecule has 1 saturated carbocycles. The fraction of sp³-hybridized carbons (Fsp3) is 0.611. The van der Waals surface area contributed by atoms with Crippen LogP contribution >= 0.6 is 0 Å². The van der Waals surface area contributed by atoms with Gasteiger partial charge in [0.1, 0.15) is 13.2 Å². The summed E-state index contributed by atoms with van der Waals surface area (Å²) in [4.78, 5) is 14.9. The minimum Gasteiger partial charge on any atom is -0.486 e. The molecule has 5 nitrogen and oxygen atoms in total. The van der Waals surface area contributed by atoms with Crippen LogP contribution in [0.4, 0.5) is 0 Å². The summed E-state index contributed by atoms with van der Waals surface area (Å²) in [6.07, 6.45) is 4.63. The number of ether oxygens (including phenoxy) is 2. The zero-order valence-corrected chi connectivity index (χ0v) is 13.3. The molecule has 1 aromatic carbocycles. The van der Waals surface area contributed by atoms with Crippen LogP contribution in [0.1, 0.15) is 42.5 Å². The highest BCUT2D eigenvalue weighted by molar-refractivity contribution is 5.98. The summed E-state index contributed by atoms with van der Waals surface area (Å²) in [5.74, 6) is 1.20. The normalized spacial score (nSPS) is 29.8. The number of piperidine rings is 1. The Hall–Kier alpha value is -1.75. The molecule has 2 aliphatic heterocycles. The summed E-state index contributed by atoms with van der Waals surface area (Å²) in [5, 5.41) is 10.4. The Morgan fingerprint density at radius 3 is 2.87 bits per heavy atom. The Balaban J connectivity index is 1.60. The number of carbonyl (C=O) groups is 1. The standard InChI is InChI=1S/C18H23NO4/c20-15-6-2-7-18(15)8-3-9-19(12-18)17(21)13-4-1-5-14-16(13)23-11-10-22-14/h1,4-5,15,20H,2-3,6-12H2/t15?,18-/m0/s1. The van der Waals surface area contributed by atoms with Gasteiger partial charge in [-0.05, 0) is 37.8 Å². The summed E-state index contributed by atoms with van der Waals surface area (Å²) in [7, 11) is 0. The molecule has 5 heteroatoms. The van der Waals surface area contributed by atoms with E-state index in [9.17, 15) is 9.90 Å². The largest absolute Gasteiger partial charge is 0.486 e. The minimum atomic E-state index is -0.276. The van der Waals surface area contributed by atoms with E-state index in [4.69, 9.17) is 9.47 Å². The minimum absolute atomic E-state index is 0.00877. The predicted molar refractivity (Wildman–Crippen MR) is 84.9 cm³/mol. The number of nitrogens with zero attached hydrogens (tertiary/aromatic N) is 1. The van der Waals surface area contributed by atoms with Gasteiger partial charge in [0.05, 0.1) is 11.7 Å². The van der Waals surface area contributed by atoms with E-state index in [1.165, 1.54) is 0 Å². The number of para-hydroxylation sites is 1. The second kappa shape index (κ2) is 5.71. The van der Waals surface area contributed by atoms with Crippen LogP contribution in [0.25, 0.3) is 0 Å². The van der Waals surface area contributed by atoms with Crippen LogP contribution in [0.2, 0.25) is 0 Å². The zero-order valence-electron chi connectivity index (χ0n) is 13.3. The molecular formula is C18H23NO4. The molecular weight excluding hydrogens is 294 g/mol. The Kier molecular flexibility index (Phi) is 3.68. The maximum Gasteiger partial charge on any atom is 0.257 e. The van der Waals surface area contributed by atoms with Gasteiger partial charge in [0.2, 0.25) is 0 Å². The molecule has 0 aromatic heterocycles. The van der Waals surface area contributed by atoms with E-state index < -0.39 is 0 Å². The Bertz CT molecular complexity index is 617. The molecule has 23 heavy (non-hydrogen) atoms. The van der Waals surface area contributed by atoms with Gasteiger partial charge >= 0.3 is 0 Å². The maximum atomic E-state index is 13.0. The Morgan fingerprint density at radius 1 is 1.22 bits per heavy atom. The average molecular weight is 317 g/mol. The molecule has 124 valence electrons. The Labute approximate surface area is 136 Å². The summed E-state index contributed by atoms with van der Waals surface area (Å²) in [5.41, 5.74) is 0.479. The SMILES string of the molecule is O=C(c1cccc2c1OCCO2)N1CCC[C@@]2(CCCC2O)C1. The quantitative estimate of drug-likeness (QED) is 0.863. The lowest BCUT2D eigenvalue weighted by Gasteiger charge is -2.42. The van der Waals surface area contributed by atoms with Gasteiger partial charge in [-0.15, -0.1) is 0 Å². The fourth-order valence-electron chi connectivity index (χ4n) is 4.34. The van der Waals surface area contributed by atoms with E-state index >= 15 is 0 Å². The van der Waals surface area contributed by atoms with Crippen molar-refractivity contribution in [2.45, 2.75) is 38.2 Å². The van der Waals surface area contributed by atoms with Crippen molar-refractivity contribution in [3.63, 3.8) is 0 Å². The molecule has 1 aromatic rings. The van der Waals surface area contributed by atoms with Gasteiger partial charge in [0.15, 0.2) is 11.5 Å². The van der Waals surface area contributed by atoms with E-state index in [-0.39, 0.29) is 17.4 Å². The van der Waals surface area contributed by atoms with Gasteiger partial charge in [0, 0.05) is 18.5 Å². The predicted octanol–water partition coefficient (Wildman–Crippen LogP) is 2.22. The lowest BCUT2D eigenvalue weighted by Crippen LogP contribution is -2.49. The Morgan fingerprint density at radius 2 is 2.04 bits per heavy atom. The first-order chi connectivity index (χ1) is 11.2. The molecule has 1 aliphatic carbocycles. The second-order valence-corrected chi connectivity index (χ2v) is 6.93. The highest BCUT2D eigenvalue weighted by atomic mass is 16.6. The van der Waals surface area contributed by atoms with E-state index in [1.54, 1.807) is 0 Å². The molecule has 4 rings (SSSR count). The first-order valence-corrected chi connectivity index (χ1v) is 8.56. The molecule has 1 saturated heterocycles. The number of amides is 1. The van der Waals surface area contributed by atoms with Crippen molar-refractivity contribution in [1.29, 1.82) is 0 Å². The third-order valence-corrected chi connectivity index (χ3v) is 5.55. The summed E-state index contributed by atoms with van der Waals surface area (Å²) in [6.45, 7) is 2.39. The first kappa shape index (κ1) is 14.8. The van der Waals surface area contributed by atoms with Gasteiger partial charge in [-0.1, -0.05) is 12.5 Å². The van der Waals surface area contributed by atoms with Crippen LogP contribution in [0.5, 0.6) is 11.5 Å². The number of carbonyl (C=O) groups excluding carboxylic acids is 1. The van der Waals surface area contributed by atoms with E-state index in [2.05, 4.69) is 0 Å². The van der Waals surface area contributed by atoms with Crippen LogP contribution in [0.15, 0.2) is 18.2 Å². The number of benzene rings is 1. The van der Waals surface area contributed by atoms with E-state index in [0.29, 0.717) is 36.8 Å². The third kappa shape index (κ3) is 2.47. The van der Waals surface area contributed by atoms with Crippen LogP contribution in [-0.4, -0.2) is 48.3 Å². The molecule has 2 atom stereocenters. The van der Waals surface area contributed by atoms with Crippen LogP contribution < -0.4 is 9.47 Å². The van der Waals surface area contributed by atoms with Gasteiger partial charge < -0.3 is 19.5 Å². The average Bonchev–Trinajstić information content (AvgIpc) is 2.93. The monoisotopic (exact) mass is 317 g/mol. The molecule has 1 spiro atoms. The summed E-state index contributed by atoms with van der Waals surface area (Å²) in [6, 6.07) is 5.48. The van der Waals surface area contributed by atoms with Crippen molar-refractivity contribution in [2.75, 3.05) is 26.3 Å². The smallest absolute Gasteiger partial charge is 0.257 e. The number of fused-ring (bicyclic) bond motifs is 1. The highest BCUT2D eigenvalue weighted by Gasteiger charge is 2.46. The molecule has 1 amide bonds. The number of hydrogen-bond donors (Lipinski definition) is 1. The molecule has 0 bridgehead atoms. The number of rotatable bonds is 1. The molecule has 2 heterocycles. The number of likely N-dealkylation sites (tertiary alicyclic amines) is 1. The van der Waals surface area contributed by atoms with Crippen molar-refractivity contribution >= 4 is 5.91 Å². The van der Waals surface area contributed by atoms with Crippen molar-refractivity contribution in [3.05, 3.63) is 23.8 Å². The van der Waals surface area contributed by atoms with E-state index in [1.807, 2.05) is 23.1 Å². The van der Waals surface area contributed by atoms with Crippen LogP contribution in [-0.2, 0) is 0 Å². The lowest BCUT2D eigenvalue weighted by atomic mass is 9.76. The fourth-order valence-corrected chi connectivity index (χ4v) is 4.34. The van der Waals surface area contributed by atoms with Crippen molar-refractivity contribution in [2.24, 2.45) is 5.41 Å². The molecule has 3 aliphatic rings. The summed E-state index contributed by atoms with van der Waals surface area (Å²) >= 11 is 0. The zero-order chi connectivity index (χ0) is 15.9. The molecule has 2 fully saturated rings. The van der Waals surface area contributed by atoms with Crippen molar-refractivity contribution in [3.8, 4) is 11.5 Å². The lowest BCUT2D eigenvalue weighted by molar-refractivity contribution is -0.00554. The van der Waals surface area contributed by atoms with Crippen molar-refractivity contribution in [1.82, 2.24) is 4.90 Å². The third-order valence-electron chi connectivity index (χ3n) is 5.55. The van der Waals surface area contributed by atoms with Gasteiger partial charge in [0.25, 0.3) is 5.91 Å². The van der Waals surface area contributed by atoms with E-state index in [0.717, 1.165) is 38.6 Å². The maximum absolute atomic E-state index is 13.0. The molecule has 0 radical (unpaired) electrons. The highest BCUT2D eigenvalue weighted by Crippen LogP contribution is 2.45. The number of aliphatic hydroxyl groups excluding tert-OH is 1. The first-order valence-electron chi connectivity index (χ1n) is 8.56. The molecule has 1 N–H and O–H groups in total. The van der Waals surface area contributed by atoms with Crippen molar-refractivity contribution < 1.29 is 19.4 Å². The number of hydrogen-bond acceptors (Lipinski definition) is 4. The van der Waals surface area contributed by atoms with Gasteiger partial charge in [-0.25, -0.2) is 0 Å². The van der Waals surface area contributed by atoms with Gasteiger partial charge in [-0.3, -0.25) is 4.79 Å². The van der Waals surface area contributed by atoms with Crippen LogP contribution in [0, 0.1) is 5.41 Å². The topological polar surface area (TPSA) is 59.0 Å². The van der Waals surface area contributed by atoms with Gasteiger partial charge in [-0.2, -0.15) is 0 Å². The van der Waals surface area contributed by atoms with Crippen LogP contribution in [0.3, 0.4) is 0 Å². The second-order valence-electron chi connectivity index (χ2n) is 6.93. The molecule has 1 unspecified atom stereocenters. The number of aliphatic hydroxyl groups is 1. The summed E-state index contributed by atoms with van der Waals surface area (Å²) < 4.78 is 11.3.